The third-order valence-corrected chi connectivity index (χ3v) is 9.83. The summed E-state index contributed by atoms with van der Waals surface area (Å²) in [4.78, 5) is 15.1. The Bertz CT molecular complexity index is 3020. The summed E-state index contributed by atoms with van der Waals surface area (Å²) in [5.74, 6) is 1.52. The molecule has 0 aliphatic heterocycles. The van der Waals surface area contributed by atoms with Crippen LogP contribution in [-0.2, 0) is 0 Å². The zero-order valence-electron chi connectivity index (χ0n) is 27.8. The van der Waals surface area contributed by atoms with Crippen LogP contribution in [-0.4, -0.2) is 24.1 Å². The fourth-order valence-corrected chi connectivity index (χ4v) is 7.58. The third kappa shape index (κ3) is 4.54. The van der Waals surface area contributed by atoms with E-state index in [4.69, 9.17) is 15.0 Å². The fourth-order valence-electron chi connectivity index (χ4n) is 7.58. The summed E-state index contributed by atoms with van der Waals surface area (Å²) in [5, 5.41) is 14.7. The molecule has 6 heteroatoms. The number of nitrogens with zero attached hydrogens (tertiary/aromatic N) is 6. The van der Waals surface area contributed by atoms with Crippen molar-refractivity contribution >= 4 is 43.6 Å². The molecule has 52 heavy (non-hydrogen) atoms. The average molecular weight is 665 g/mol. The minimum absolute atomic E-state index is 0.450. The standard InChI is InChI=1S/C46H28N6/c47-29-31-17-7-8-20-33(31)45-48-44(30-15-3-1-4-16-30)49-46(50-45)37-23-11-14-26-40(37)52-38-24-12-9-21-34(38)35-27-28-41-42(43(35)52)36-22-10-13-25-39(36)51(41)32-18-5-2-6-19-32/h1-28H. The molecule has 0 saturated carbocycles. The Balaban J connectivity index is 1.32. The van der Waals surface area contributed by atoms with E-state index in [1.54, 1.807) is 6.07 Å². The predicted octanol–water partition coefficient (Wildman–Crippen LogP) is 10.9. The van der Waals surface area contributed by atoms with Crippen LogP contribution in [0, 0.1) is 11.3 Å². The Morgan fingerprint density at radius 1 is 0.423 bits per heavy atom. The Kier molecular flexibility index (Phi) is 6.76. The van der Waals surface area contributed by atoms with Crippen LogP contribution < -0.4 is 0 Å². The van der Waals surface area contributed by atoms with E-state index in [1.165, 1.54) is 10.8 Å². The molecule has 0 spiro atoms. The molecule has 7 aromatic carbocycles. The molecule has 0 saturated heterocycles. The first-order valence-electron chi connectivity index (χ1n) is 17.2. The van der Waals surface area contributed by atoms with Crippen LogP contribution in [0.1, 0.15) is 5.56 Å². The number of rotatable bonds is 5. The number of para-hydroxylation sites is 4. The second-order valence-corrected chi connectivity index (χ2v) is 12.7. The number of fused-ring (bicyclic) bond motifs is 7. The van der Waals surface area contributed by atoms with Gasteiger partial charge in [-0.25, -0.2) is 15.0 Å². The van der Waals surface area contributed by atoms with E-state index in [2.05, 4.69) is 124 Å². The molecule has 0 atom stereocenters. The second kappa shape index (κ2) is 11.9. The van der Waals surface area contributed by atoms with Gasteiger partial charge in [-0.2, -0.15) is 5.26 Å². The van der Waals surface area contributed by atoms with Crippen LogP contribution in [0.4, 0.5) is 0 Å². The molecule has 0 bridgehead atoms. The smallest absolute Gasteiger partial charge is 0.166 e. The van der Waals surface area contributed by atoms with Gasteiger partial charge in [0.2, 0.25) is 0 Å². The molecule has 10 aromatic rings. The summed E-state index contributed by atoms with van der Waals surface area (Å²) in [6.07, 6.45) is 0. The maximum absolute atomic E-state index is 10.0. The topological polar surface area (TPSA) is 72.3 Å². The molecule has 0 radical (unpaired) electrons. The summed E-state index contributed by atoms with van der Waals surface area (Å²) >= 11 is 0. The highest BCUT2D eigenvalue weighted by molar-refractivity contribution is 6.26. The molecule has 10 rings (SSSR count). The maximum atomic E-state index is 10.0. The van der Waals surface area contributed by atoms with Gasteiger partial charge in [0.15, 0.2) is 17.5 Å². The Hall–Kier alpha value is -7.36. The molecule has 6 nitrogen and oxygen atoms in total. The molecular formula is C46H28N6. The van der Waals surface area contributed by atoms with E-state index >= 15 is 0 Å². The van der Waals surface area contributed by atoms with E-state index < -0.39 is 0 Å². The summed E-state index contributed by atoms with van der Waals surface area (Å²) in [6.45, 7) is 0. The summed E-state index contributed by atoms with van der Waals surface area (Å²) in [5.41, 5.74) is 9.42. The van der Waals surface area contributed by atoms with Gasteiger partial charge in [0.25, 0.3) is 0 Å². The van der Waals surface area contributed by atoms with E-state index in [0.717, 1.165) is 55.3 Å². The molecule has 242 valence electrons. The second-order valence-electron chi connectivity index (χ2n) is 12.7. The molecular weight excluding hydrogens is 637 g/mol. The highest BCUT2D eigenvalue weighted by Crippen LogP contribution is 2.43. The van der Waals surface area contributed by atoms with Crippen molar-refractivity contribution in [1.82, 2.24) is 24.1 Å². The average Bonchev–Trinajstić information content (AvgIpc) is 3.74. The lowest BCUT2D eigenvalue weighted by molar-refractivity contribution is 1.06. The van der Waals surface area contributed by atoms with Gasteiger partial charge < -0.3 is 9.13 Å². The zero-order valence-corrected chi connectivity index (χ0v) is 27.8. The summed E-state index contributed by atoms with van der Waals surface area (Å²) in [7, 11) is 0. The van der Waals surface area contributed by atoms with Gasteiger partial charge in [-0.3, -0.25) is 0 Å². The quantitative estimate of drug-likeness (QED) is 0.184. The molecule has 0 fully saturated rings. The Morgan fingerprint density at radius 3 is 1.77 bits per heavy atom. The number of benzene rings is 7. The highest BCUT2D eigenvalue weighted by Gasteiger charge is 2.23. The Labute approximate surface area is 299 Å². The summed E-state index contributed by atoms with van der Waals surface area (Å²) in [6, 6.07) is 60.3. The predicted molar refractivity (Wildman–Crippen MR) is 210 cm³/mol. The van der Waals surface area contributed by atoms with Crippen molar-refractivity contribution in [1.29, 1.82) is 5.26 Å². The lowest BCUT2D eigenvalue weighted by atomic mass is 10.1. The normalized spacial score (nSPS) is 11.4. The fraction of sp³-hybridized carbons (Fsp3) is 0. The first kappa shape index (κ1) is 29.5. The molecule has 3 heterocycles. The van der Waals surface area contributed by atoms with Crippen molar-refractivity contribution in [3.05, 3.63) is 175 Å². The van der Waals surface area contributed by atoms with E-state index in [-0.39, 0.29) is 0 Å². The highest BCUT2D eigenvalue weighted by atomic mass is 15.1. The van der Waals surface area contributed by atoms with Crippen LogP contribution in [0.3, 0.4) is 0 Å². The summed E-state index contributed by atoms with van der Waals surface area (Å²) < 4.78 is 4.73. The lowest BCUT2D eigenvalue weighted by Crippen LogP contribution is -2.04. The van der Waals surface area contributed by atoms with Crippen LogP contribution in [0.25, 0.3) is 89.2 Å². The van der Waals surface area contributed by atoms with Crippen molar-refractivity contribution in [2.45, 2.75) is 0 Å². The number of hydrogen-bond donors (Lipinski definition) is 0. The molecule has 0 unspecified atom stereocenters. The Morgan fingerprint density at radius 2 is 1.00 bits per heavy atom. The minimum atomic E-state index is 0.450. The zero-order chi connectivity index (χ0) is 34.6. The molecule has 0 amide bonds. The SMILES string of the molecule is N#Cc1ccccc1-c1nc(-c2ccccc2)nc(-c2ccccc2-n2c3ccccc3c3ccc4c(c5ccccc5n4-c4ccccc4)c32)n1. The van der Waals surface area contributed by atoms with Crippen molar-refractivity contribution in [2.75, 3.05) is 0 Å². The first-order chi connectivity index (χ1) is 25.8. The van der Waals surface area contributed by atoms with Gasteiger partial charge in [-0.1, -0.05) is 115 Å². The molecule has 0 aliphatic rings. The van der Waals surface area contributed by atoms with Gasteiger partial charge in [0.1, 0.15) is 0 Å². The van der Waals surface area contributed by atoms with E-state index in [1.807, 2.05) is 54.6 Å². The van der Waals surface area contributed by atoms with Crippen LogP contribution >= 0.6 is 0 Å². The van der Waals surface area contributed by atoms with Crippen molar-refractivity contribution < 1.29 is 0 Å². The number of nitriles is 1. The molecule has 0 aliphatic carbocycles. The maximum Gasteiger partial charge on any atom is 0.166 e. The van der Waals surface area contributed by atoms with Gasteiger partial charge in [-0.05, 0) is 54.6 Å². The van der Waals surface area contributed by atoms with Gasteiger partial charge in [0.05, 0.1) is 39.4 Å². The van der Waals surface area contributed by atoms with E-state index in [9.17, 15) is 5.26 Å². The molecule has 3 aromatic heterocycles. The van der Waals surface area contributed by atoms with Crippen LogP contribution in [0.2, 0.25) is 0 Å². The monoisotopic (exact) mass is 664 g/mol. The van der Waals surface area contributed by atoms with Gasteiger partial charge in [0, 0.05) is 43.9 Å². The first-order valence-corrected chi connectivity index (χ1v) is 17.2. The lowest BCUT2D eigenvalue weighted by Gasteiger charge is -2.15. The van der Waals surface area contributed by atoms with Crippen molar-refractivity contribution in [3.8, 4) is 51.6 Å². The molecule has 0 N–H and O–H groups in total. The number of hydrogen-bond acceptors (Lipinski definition) is 4. The third-order valence-electron chi connectivity index (χ3n) is 9.83. The van der Waals surface area contributed by atoms with Crippen molar-refractivity contribution in [2.24, 2.45) is 0 Å². The number of aromatic nitrogens is 5. The van der Waals surface area contributed by atoms with Crippen molar-refractivity contribution in [3.63, 3.8) is 0 Å². The largest absolute Gasteiger partial charge is 0.309 e. The van der Waals surface area contributed by atoms with Crippen LogP contribution in [0.15, 0.2) is 170 Å². The van der Waals surface area contributed by atoms with Gasteiger partial charge >= 0.3 is 0 Å². The van der Waals surface area contributed by atoms with Gasteiger partial charge in [-0.15, -0.1) is 0 Å². The van der Waals surface area contributed by atoms with E-state index in [0.29, 0.717) is 28.6 Å². The van der Waals surface area contributed by atoms with Crippen LogP contribution in [0.5, 0.6) is 0 Å². The minimum Gasteiger partial charge on any atom is -0.309 e.